The molecule has 0 saturated heterocycles. The van der Waals surface area contributed by atoms with Crippen molar-refractivity contribution < 1.29 is 24.4 Å². The van der Waals surface area contributed by atoms with E-state index in [9.17, 15) is 4.79 Å². The van der Waals surface area contributed by atoms with Crippen LogP contribution in [0.3, 0.4) is 0 Å². The molecule has 0 aromatic rings. The maximum absolute atomic E-state index is 9.81. The first-order valence-corrected chi connectivity index (χ1v) is 6.49. The maximum atomic E-state index is 9.81. The Hall–Kier alpha value is -0.810. The molecule has 0 atom stereocenters. The Morgan fingerprint density at radius 3 is 2.06 bits per heavy atom. The smallest absolute Gasteiger partial charge is 0.450 e. The summed E-state index contributed by atoms with van der Waals surface area (Å²) in [6, 6.07) is 0. The highest BCUT2D eigenvalue weighted by atomic mass is 17.2. The van der Waals surface area contributed by atoms with Crippen LogP contribution in [0.15, 0.2) is 0 Å². The van der Waals surface area contributed by atoms with Gasteiger partial charge < -0.3 is 9.84 Å². The highest BCUT2D eigenvalue weighted by Gasteiger charge is 2.09. The van der Waals surface area contributed by atoms with Gasteiger partial charge in [-0.15, -0.1) is 0 Å². The summed E-state index contributed by atoms with van der Waals surface area (Å²) in [6.45, 7) is 10.8. The monoisotopic (exact) mass is 264 g/mol. The third kappa shape index (κ3) is 24.4. The van der Waals surface area contributed by atoms with Gasteiger partial charge in [-0.3, -0.25) is 0 Å². The van der Waals surface area contributed by atoms with Gasteiger partial charge in [0.15, 0.2) is 0 Å². The predicted molar refractivity (Wildman–Crippen MR) is 70.6 cm³/mol. The lowest BCUT2D eigenvalue weighted by atomic mass is 10.2. The molecule has 0 rings (SSSR count). The van der Waals surface area contributed by atoms with Gasteiger partial charge in [0.2, 0.25) is 0 Å². The molecule has 0 amide bonds. The minimum atomic E-state index is -1.17. The lowest BCUT2D eigenvalue weighted by molar-refractivity contribution is -0.345. The van der Waals surface area contributed by atoms with Gasteiger partial charge in [-0.05, 0) is 34.1 Å². The normalized spacial score (nSPS) is 10.5. The van der Waals surface area contributed by atoms with Crippen molar-refractivity contribution in [3.05, 3.63) is 0 Å². The summed E-state index contributed by atoms with van der Waals surface area (Å²) in [4.78, 5) is 19.4. The fourth-order valence-corrected chi connectivity index (χ4v) is 0.924. The van der Waals surface area contributed by atoms with Crippen molar-refractivity contribution in [1.29, 1.82) is 0 Å². The van der Waals surface area contributed by atoms with Crippen molar-refractivity contribution in [2.45, 2.75) is 65.9 Å². The molecule has 0 aromatic carbocycles. The SMILES string of the molecule is CCCCCCOC(=O)O.CCOOC(C)(C)C. The number of carboxylic acid groups (broad SMARTS) is 1. The number of hydrogen-bond acceptors (Lipinski definition) is 4. The molecule has 5 nitrogen and oxygen atoms in total. The van der Waals surface area contributed by atoms with Crippen molar-refractivity contribution in [3.8, 4) is 0 Å². The Morgan fingerprint density at radius 2 is 1.72 bits per heavy atom. The zero-order valence-electron chi connectivity index (χ0n) is 12.3. The summed E-state index contributed by atoms with van der Waals surface area (Å²) in [6.07, 6.45) is 3.05. The van der Waals surface area contributed by atoms with Crippen LogP contribution in [0, 0.1) is 0 Å². The van der Waals surface area contributed by atoms with Crippen LogP contribution in [-0.2, 0) is 14.5 Å². The van der Waals surface area contributed by atoms with E-state index in [2.05, 4.69) is 11.7 Å². The fraction of sp³-hybridized carbons (Fsp3) is 0.923. The molecular formula is C13H28O5. The zero-order chi connectivity index (χ0) is 14.4. The van der Waals surface area contributed by atoms with Crippen LogP contribution in [0.1, 0.15) is 60.3 Å². The average Bonchev–Trinajstić information content (AvgIpc) is 2.25. The van der Waals surface area contributed by atoms with Gasteiger partial charge in [0.1, 0.15) is 0 Å². The molecule has 0 aliphatic rings. The largest absolute Gasteiger partial charge is 0.505 e. The van der Waals surface area contributed by atoms with Crippen LogP contribution in [0.2, 0.25) is 0 Å². The Balaban J connectivity index is 0. The van der Waals surface area contributed by atoms with Gasteiger partial charge in [0.05, 0.1) is 18.8 Å². The number of hydrogen-bond donors (Lipinski definition) is 1. The molecule has 0 saturated carbocycles. The first-order chi connectivity index (χ1) is 8.33. The van der Waals surface area contributed by atoms with Gasteiger partial charge in [0, 0.05) is 0 Å². The topological polar surface area (TPSA) is 65.0 Å². The quantitative estimate of drug-likeness (QED) is 0.326. The van der Waals surface area contributed by atoms with E-state index < -0.39 is 6.16 Å². The van der Waals surface area contributed by atoms with E-state index in [1.54, 1.807) is 0 Å². The Labute approximate surface area is 110 Å². The molecule has 0 aliphatic carbocycles. The Morgan fingerprint density at radius 1 is 1.11 bits per heavy atom. The van der Waals surface area contributed by atoms with Crippen molar-refractivity contribution in [2.24, 2.45) is 0 Å². The summed E-state index contributed by atoms with van der Waals surface area (Å²) in [5.74, 6) is 0. The molecule has 0 radical (unpaired) electrons. The van der Waals surface area contributed by atoms with Crippen molar-refractivity contribution >= 4 is 6.16 Å². The van der Waals surface area contributed by atoms with Crippen LogP contribution in [0.5, 0.6) is 0 Å². The van der Waals surface area contributed by atoms with E-state index in [1.807, 2.05) is 27.7 Å². The second kappa shape index (κ2) is 12.6. The van der Waals surface area contributed by atoms with Crippen molar-refractivity contribution in [3.63, 3.8) is 0 Å². The molecule has 0 unspecified atom stereocenters. The minimum absolute atomic E-state index is 0.171. The summed E-state index contributed by atoms with van der Waals surface area (Å²) in [7, 11) is 0. The minimum Gasteiger partial charge on any atom is -0.450 e. The lowest BCUT2D eigenvalue weighted by Crippen LogP contribution is -2.19. The van der Waals surface area contributed by atoms with E-state index >= 15 is 0 Å². The van der Waals surface area contributed by atoms with Crippen LogP contribution in [0.4, 0.5) is 4.79 Å². The number of carbonyl (C=O) groups is 1. The third-order valence-electron chi connectivity index (χ3n) is 1.65. The second-order valence-corrected chi connectivity index (χ2v) is 4.78. The molecule has 1 N–H and O–H groups in total. The van der Waals surface area contributed by atoms with Crippen molar-refractivity contribution in [1.82, 2.24) is 0 Å². The van der Waals surface area contributed by atoms with E-state index in [-0.39, 0.29) is 5.60 Å². The molecule has 0 heterocycles. The van der Waals surface area contributed by atoms with Crippen LogP contribution in [0.25, 0.3) is 0 Å². The maximum Gasteiger partial charge on any atom is 0.505 e. The Kier molecular flexibility index (Phi) is 13.7. The summed E-state index contributed by atoms with van der Waals surface area (Å²) < 4.78 is 4.31. The number of rotatable bonds is 7. The molecule has 0 spiro atoms. The standard InChI is InChI=1S/C7H14O3.C6H14O2/c1-2-3-4-5-6-10-7(8)9;1-5-7-8-6(2,3)4/h2-6H2,1H3,(H,8,9);5H2,1-4H3. The summed E-state index contributed by atoms with van der Waals surface area (Å²) in [5.41, 5.74) is -0.171. The van der Waals surface area contributed by atoms with Gasteiger partial charge in [0.25, 0.3) is 0 Å². The van der Waals surface area contributed by atoms with E-state index in [1.165, 1.54) is 0 Å². The Bertz CT molecular complexity index is 186. The molecule has 0 bridgehead atoms. The summed E-state index contributed by atoms with van der Waals surface area (Å²) >= 11 is 0. The van der Waals surface area contributed by atoms with E-state index in [0.29, 0.717) is 13.2 Å². The number of ether oxygens (including phenoxy) is 1. The first-order valence-electron chi connectivity index (χ1n) is 6.49. The second-order valence-electron chi connectivity index (χ2n) is 4.78. The average molecular weight is 264 g/mol. The predicted octanol–water partition coefficient (Wildman–Crippen LogP) is 4.01. The fourth-order valence-electron chi connectivity index (χ4n) is 0.924. The van der Waals surface area contributed by atoms with Gasteiger partial charge in [-0.2, -0.15) is 0 Å². The van der Waals surface area contributed by atoms with Gasteiger partial charge in [-0.1, -0.05) is 26.2 Å². The molecule has 18 heavy (non-hydrogen) atoms. The lowest BCUT2D eigenvalue weighted by Gasteiger charge is -2.16. The van der Waals surface area contributed by atoms with E-state index in [4.69, 9.17) is 14.9 Å². The molecule has 0 aromatic heterocycles. The number of unbranched alkanes of at least 4 members (excludes halogenated alkanes) is 3. The molecular weight excluding hydrogens is 236 g/mol. The molecule has 110 valence electrons. The molecule has 5 heteroatoms. The summed E-state index contributed by atoms with van der Waals surface area (Å²) in [5, 5.41) is 8.05. The van der Waals surface area contributed by atoms with Crippen LogP contribution < -0.4 is 0 Å². The van der Waals surface area contributed by atoms with Crippen molar-refractivity contribution in [2.75, 3.05) is 13.2 Å². The third-order valence-corrected chi connectivity index (χ3v) is 1.65. The first kappa shape index (κ1) is 19.5. The molecule has 0 fully saturated rings. The zero-order valence-corrected chi connectivity index (χ0v) is 12.3. The van der Waals surface area contributed by atoms with Gasteiger partial charge >= 0.3 is 6.16 Å². The van der Waals surface area contributed by atoms with Crippen LogP contribution >= 0.6 is 0 Å². The van der Waals surface area contributed by atoms with Gasteiger partial charge in [-0.25, -0.2) is 14.6 Å². The highest BCUT2D eigenvalue weighted by molar-refractivity contribution is 5.56. The van der Waals surface area contributed by atoms with E-state index in [0.717, 1.165) is 25.7 Å². The highest BCUT2D eigenvalue weighted by Crippen LogP contribution is 2.05. The van der Waals surface area contributed by atoms with Crippen LogP contribution in [-0.4, -0.2) is 30.1 Å². The molecule has 0 aliphatic heterocycles.